The molecule has 0 saturated carbocycles. The van der Waals surface area contributed by atoms with Gasteiger partial charge in [-0.2, -0.15) is 0 Å². The molecular formula is C20H29IN4O4S. The van der Waals surface area contributed by atoms with Gasteiger partial charge in [0.1, 0.15) is 11.5 Å². The Morgan fingerprint density at radius 3 is 2.30 bits per heavy atom. The minimum absolute atomic E-state index is 0. The predicted octanol–water partition coefficient (Wildman–Crippen LogP) is 2.49. The molecule has 0 unspecified atom stereocenters. The summed E-state index contributed by atoms with van der Waals surface area (Å²) in [6.45, 7) is 3.64. The number of benzene rings is 2. The number of hydrogen-bond donors (Lipinski definition) is 3. The third-order valence-corrected chi connectivity index (χ3v) is 5.64. The number of nitrogens with one attached hydrogen (secondary N) is 3. The zero-order valence-electron chi connectivity index (χ0n) is 17.6. The number of ether oxygens (including phenoxy) is 2. The summed E-state index contributed by atoms with van der Waals surface area (Å²) < 4.78 is 36.5. The lowest BCUT2D eigenvalue weighted by Crippen LogP contribution is -2.36. The van der Waals surface area contributed by atoms with Gasteiger partial charge in [-0.15, -0.1) is 24.0 Å². The molecule has 0 atom stereocenters. The molecule has 0 fully saturated rings. The van der Waals surface area contributed by atoms with Crippen LogP contribution in [0.5, 0.6) is 11.5 Å². The lowest BCUT2D eigenvalue weighted by atomic mass is 10.2. The van der Waals surface area contributed by atoms with E-state index in [1.54, 1.807) is 38.5 Å². The maximum Gasteiger partial charge on any atom is 0.240 e. The highest BCUT2D eigenvalue weighted by Crippen LogP contribution is 2.24. The van der Waals surface area contributed by atoms with Crippen LogP contribution in [0.4, 0.5) is 0 Å². The first-order valence-electron chi connectivity index (χ1n) is 9.19. The van der Waals surface area contributed by atoms with Gasteiger partial charge in [0.2, 0.25) is 10.0 Å². The number of rotatable bonds is 9. The van der Waals surface area contributed by atoms with Crippen LogP contribution < -0.4 is 24.8 Å². The van der Waals surface area contributed by atoms with Crippen molar-refractivity contribution in [3.63, 3.8) is 0 Å². The smallest absolute Gasteiger partial charge is 0.240 e. The summed E-state index contributed by atoms with van der Waals surface area (Å²) in [6.07, 6.45) is 0. The van der Waals surface area contributed by atoms with Gasteiger partial charge in [-0.05, 0) is 43.8 Å². The molecular weight excluding hydrogens is 519 g/mol. The lowest BCUT2D eigenvalue weighted by molar-refractivity contribution is 0.390. The molecule has 0 spiro atoms. The summed E-state index contributed by atoms with van der Waals surface area (Å²) in [5.74, 6) is 2.11. The van der Waals surface area contributed by atoms with Gasteiger partial charge < -0.3 is 20.1 Å². The Morgan fingerprint density at radius 2 is 1.73 bits per heavy atom. The minimum Gasteiger partial charge on any atom is -0.497 e. The SMILES string of the molecule is CCNC(=NCc1ccc(S(=O)(=O)NC)cc1)NCc1ccc(OC)cc1OC.I. The maximum atomic E-state index is 11.8. The minimum atomic E-state index is -3.44. The van der Waals surface area contributed by atoms with Gasteiger partial charge >= 0.3 is 0 Å². The van der Waals surface area contributed by atoms with Crippen molar-refractivity contribution in [1.29, 1.82) is 0 Å². The highest BCUT2D eigenvalue weighted by atomic mass is 127. The quantitative estimate of drug-likeness (QED) is 0.253. The highest BCUT2D eigenvalue weighted by Gasteiger charge is 2.10. The molecule has 0 amide bonds. The predicted molar refractivity (Wildman–Crippen MR) is 129 cm³/mol. The summed E-state index contributed by atoms with van der Waals surface area (Å²) in [5, 5.41) is 6.47. The Balaban J connectivity index is 0.00000450. The average Bonchev–Trinajstić information content (AvgIpc) is 2.75. The van der Waals surface area contributed by atoms with Crippen molar-refractivity contribution in [3.05, 3.63) is 53.6 Å². The number of nitrogens with zero attached hydrogens (tertiary/aromatic N) is 1. The molecule has 8 nitrogen and oxygen atoms in total. The van der Waals surface area contributed by atoms with Gasteiger partial charge in [0.25, 0.3) is 0 Å². The molecule has 10 heteroatoms. The van der Waals surface area contributed by atoms with Gasteiger partial charge in [-0.25, -0.2) is 18.1 Å². The number of sulfonamides is 1. The zero-order valence-corrected chi connectivity index (χ0v) is 20.7. The van der Waals surface area contributed by atoms with E-state index in [0.717, 1.165) is 22.6 Å². The van der Waals surface area contributed by atoms with Gasteiger partial charge in [0, 0.05) is 24.7 Å². The van der Waals surface area contributed by atoms with E-state index in [0.29, 0.717) is 25.6 Å². The van der Waals surface area contributed by atoms with Crippen molar-refractivity contribution in [3.8, 4) is 11.5 Å². The van der Waals surface area contributed by atoms with Crippen LogP contribution in [0.25, 0.3) is 0 Å². The number of hydrogen-bond acceptors (Lipinski definition) is 5. The van der Waals surface area contributed by atoms with Crippen LogP contribution in [0.15, 0.2) is 52.4 Å². The third kappa shape index (κ3) is 7.33. The van der Waals surface area contributed by atoms with Crippen LogP contribution in [0.1, 0.15) is 18.1 Å². The Bertz CT molecular complexity index is 934. The molecule has 166 valence electrons. The molecule has 2 aromatic rings. The van der Waals surface area contributed by atoms with Gasteiger partial charge in [0.15, 0.2) is 5.96 Å². The van der Waals surface area contributed by atoms with Crippen molar-refractivity contribution in [2.45, 2.75) is 24.9 Å². The van der Waals surface area contributed by atoms with Crippen molar-refractivity contribution in [2.75, 3.05) is 27.8 Å². The molecule has 0 aromatic heterocycles. The van der Waals surface area contributed by atoms with Gasteiger partial charge in [-0.1, -0.05) is 12.1 Å². The lowest BCUT2D eigenvalue weighted by Gasteiger charge is -2.14. The second-order valence-electron chi connectivity index (χ2n) is 6.08. The van der Waals surface area contributed by atoms with Crippen LogP contribution in [0.2, 0.25) is 0 Å². The molecule has 2 aromatic carbocycles. The van der Waals surface area contributed by atoms with Crippen LogP contribution >= 0.6 is 24.0 Å². The largest absolute Gasteiger partial charge is 0.497 e. The Labute approximate surface area is 195 Å². The molecule has 30 heavy (non-hydrogen) atoms. The van der Waals surface area contributed by atoms with Crippen molar-refractivity contribution in [2.24, 2.45) is 4.99 Å². The summed E-state index contributed by atoms with van der Waals surface area (Å²) in [5.41, 5.74) is 1.87. The standard InChI is InChI=1S/C20H28N4O4S.HI/c1-5-22-20(24-14-16-8-9-17(27-3)12-19(16)28-4)23-13-15-6-10-18(11-7-15)29(25,26)21-2;/h6-12,21H,5,13-14H2,1-4H3,(H2,22,23,24);1H. The molecule has 3 N–H and O–H groups in total. The Kier molecular flexibility index (Phi) is 10.9. The second-order valence-corrected chi connectivity index (χ2v) is 7.96. The molecule has 0 radical (unpaired) electrons. The molecule has 0 aliphatic heterocycles. The first-order chi connectivity index (χ1) is 13.9. The zero-order chi connectivity index (χ0) is 21.3. The van der Waals surface area contributed by atoms with E-state index in [9.17, 15) is 8.42 Å². The number of guanidine groups is 1. The number of halogens is 1. The van der Waals surface area contributed by atoms with Gasteiger partial charge in [0.05, 0.1) is 25.7 Å². The molecule has 0 bridgehead atoms. The molecule has 0 saturated heterocycles. The molecule has 2 rings (SSSR count). The van der Waals surface area contributed by atoms with Crippen LogP contribution in [0, 0.1) is 0 Å². The Hall–Kier alpha value is -2.05. The first kappa shape index (κ1) is 26.0. The van der Waals surface area contributed by atoms with Gasteiger partial charge in [-0.3, -0.25) is 0 Å². The number of methoxy groups -OCH3 is 2. The summed E-state index contributed by atoms with van der Waals surface area (Å²) in [4.78, 5) is 4.79. The third-order valence-electron chi connectivity index (χ3n) is 4.21. The van der Waals surface area contributed by atoms with E-state index in [4.69, 9.17) is 9.47 Å². The van der Waals surface area contributed by atoms with Crippen LogP contribution in [-0.4, -0.2) is 42.2 Å². The van der Waals surface area contributed by atoms with E-state index in [2.05, 4.69) is 20.3 Å². The molecule has 0 heterocycles. The van der Waals surface area contributed by atoms with Crippen LogP contribution in [-0.2, 0) is 23.1 Å². The van der Waals surface area contributed by atoms with E-state index in [1.165, 1.54) is 7.05 Å². The van der Waals surface area contributed by atoms with E-state index in [1.807, 2.05) is 25.1 Å². The fraction of sp³-hybridized carbons (Fsp3) is 0.350. The number of aliphatic imine (C=N–C) groups is 1. The Morgan fingerprint density at radius 1 is 1.03 bits per heavy atom. The molecule has 0 aliphatic carbocycles. The van der Waals surface area contributed by atoms with Crippen molar-refractivity contribution < 1.29 is 17.9 Å². The van der Waals surface area contributed by atoms with Crippen molar-refractivity contribution in [1.82, 2.24) is 15.4 Å². The highest BCUT2D eigenvalue weighted by molar-refractivity contribution is 14.0. The topological polar surface area (TPSA) is 101 Å². The van der Waals surface area contributed by atoms with E-state index in [-0.39, 0.29) is 28.9 Å². The summed E-state index contributed by atoms with van der Waals surface area (Å²) in [6, 6.07) is 12.3. The normalized spacial score (nSPS) is 11.4. The van der Waals surface area contributed by atoms with Crippen molar-refractivity contribution >= 4 is 40.0 Å². The first-order valence-corrected chi connectivity index (χ1v) is 10.7. The fourth-order valence-corrected chi connectivity index (χ4v) is 3.31. The fourth-order valence-electron chi connectivity index (χ4n) is 2.58. The monoisotopic (exact) mass is 548 g/mol. The van der Waals surface area contributed by atoms with Crippen LogP contribution in [0.3, 0.4) is 0 Å². The van der Waals surface area contributed by atoms with E-state index < -0.39 is 10.0 Å². The summed E-state index contributed by atoms with van der Waals surface area (Å²) >= 11 is 0. The average molecular weight is 548 g/mol. The summed E-state index contributed by atoms with van der Waals surface area (Å²) in [7, 11) is 1.19. The molecule has 0 aliphatic rings. The second kappa shape index (κ2) is 12.6. The van der Waals surface area contributed by atoms with E-state index >= 15 is 0 Å². The maximum absolute atomic E-state index is 11.8.